The summed E-state index contributed by atoms with van der Waals surface area (Å²) in [6.07, 6.45) is 0. The molecule has 0 bridgehead atoms. The average Bonchev–Trinajstić information content (AvgIpc) is 3.12. The van der Waals surface area contributed by atoms with E-state index >= 15 is 0 Å². The van der Waals surface area contributed by atoms with Gasteiger partial charge in [0.15, 0.2) is 0 Å². The Morgan fingerprint density at radius 3 is 2.54 bits per heavy atom. The summed E-state index contributed by atoms with van der Waals surface area (Å²) in [5.74, 6) is 0.254. The molecule has 1 aromatic carbocycles. The quantitative estimate of drug-likeness (QED) is 0.501. The number of hydrogen-bond donors (Lipinski definition) is 0. The molecular formula is C18H19N7O3. The van der Waals surface area contributed by atoms with E-state index in [0.717, 1.165) is 11.4 Å². The number of aromatic nitrogens is 4. The lowest BCUT2D eigenvalue weighted by atomic mass is 10.2. The zero-order chi connectivity index (χ0) is 19.8. The fourth-order valence-corrected chi connectivity index (χ4v) is 3.43. The Morgan fingerprint density at radius 1 is 1.11 bits per heavy atom. The highest BCUT2D eigenvalue weighted by atomic mass is 16.6. The van der Waals surface area contributed by atoms with Crippen molar-refractivity contribution in [3.8, 4) is 0 Å². The molecule has 144 valence electrons. The van der Waals surface area contributed by atoms with Crippen molar-refractivity contribution in [3.05, 3.63) is 57.7 Å². The number of piperazine rings is 1. The van der Waals surface area contributed by atoms with Crippen LogP contribution in [-0.4, -0.2) is 61.5 Å². The van der Waals surface area contributed by atoms with Gasteiger partial charge in [-0.25, -0.2) is 9.50 Å². The van der Waals surface area contributed by atoms with Crippen LogP contribution >= 0.6 is 0 Å². The molecule has 0 aliphatic carbocycles. The van der Waals surface area contributed by atoms with E-state index < -0.39 is 0 Å². The zero-order valence-electron chi connectivity index (χ0n) is 15.6. The van der Waals surface area contributed by atoms with Crippen LogP contribution in [0.4, 0.5) is 11.4 Å². The Balaban J connectivity index is 1.51. The van der Waals surface area contributed by atoms with Gasteiger partial charge in [0.25, 0.3) is 17.4 Å². The molecule has 0 radical (unpaired) electrons. The highest BCUT2D eigenvalue weighted by molar-refractivity contribution is 5.91. The number of carbonyl (C=O) groups is 1. The molecule has 2 aromatic heterocycles. The van der Waals surface area contributed by atoms with Crippen LogP contribution in [0, 0.1) is 24.0 Å². The van der Waals surface area contributed by atoms with Gasteiger partial charge < -0.3 is 9.80 Å². The highest BCUT2D eigenvalue weighted by Gasteiger charge is 2.28. The number of benzene rings is 1. The van der Waals surface area contributed by atoms with Crippen LogP contribution in [0.15, 0.2) is 30.3 Å². The normalized spacial score (nSPS) is 14.5. The van der Waals surface area contributed by atoms with E-state index in [4.69, 9.17) is 0 Å². The highest BCUT2D eigenvalue weighted by Crippen LogP contribution is 2.28. The molecule has 0 unspecified atom stereocenters. The van der Waals surface area contributed by atoms with Crippen LogP contribution in [0.3, 0.4) is 0 Å². The van der Waals surface area contributed by atoms with Crippen LogP contribution in [0.2, 0.25) is 0 Å². The summed E-state index contributed by atoms with van der Waals surface area (Å²) >= 11 is 0. The van der Waals surface area contributed by atoms with Crippen LogP contribution in [0.25, 0.3) is 5.78 Å². The van der Waals surface area contributed by atoms with Gasteiger partial charge in [-0.05, 0) is 26.0 Å². The van der Waals surface area contributed by atoms with Gasteiger partial charge in [0.2, 0.25) is 5.82 Å². The minimum absolute atomic E-state index is 0.0706. The lowest BCUT2D eigenvalue weighted by molar-refractivity contribution is -0.384. The molecule has 1 aliphatic heterocycles. The number of para-hydroxylation sites is 2. The summed E-state index contributed by atoms with van der Waals surface area (Å²) < 4.78 is 1.56. The van der Waals surface area contributed by atoms with Gasteiger partial charge in [-0.1, -0.05) is 12.1 Å². The molecule has 1 fully saturated rings. The molecule has 1 saturated heterocycles. The Labute approximate surface area is 160 Å². The Hall–Kier alpha value is -3.56. The second-order valence-electron chi connectivity index (χ2n) is 6.71. The molecule has 10 nitrogen and oxygen atoms in total. The third kappa shape index (κ3) is 3.13. The minimum Gasteiger partial charge on any atom is -0.362 e. The summed E-state index contributed by atoms with van der Waals surface area (Å²) in [6.45, 7) is 5.62. The van der Waals surface area contributed by atoms with E-state index in [2.05, 4.69) is 15.1 Å². The number of hydrogen-bond acceptors (Lipinski definition) is 7. The first-order chi connectivity index (χ1) is 13.4. The number of fused-ring (bicyclic) bond motifs is 1. The maximum absolute atomic E-state index is 12.8. The van der Waals surface area contributed by atoms with Crippen molar-refractivity contribution >= 4 is 23.1 Å². The second kappa shape index (κ2) is 6.87. The van der Waals surface area contributed by atoms with Gasteiger partial charge in [0.1, 0.15) is 5.69 Å². The number of anilines is 1. The topological polar surface area (TPSA) is 110 Å². The van der Waals surface area contributed by atoms with Gasteiger partial charge >= 0.3 is 0 Å². The molecule has 1 aliphatic rings. The molecule has 0 N–H and O–H groups in total. The van der Waals surface area contributed by atoms with Crippen molar-refractivity contribution in [1.82, 2.24) is 24.5 Å². The van der Waals surface area contributed by atoms with Crippen LogP contribution in [0.1, 0.15) is 22.0 Å². The van der Waals surface area contributed by atoms with E-state index in [9.17, 15) is 14.9 Å². The number of aryl methyl sites for hydroxylation is 2. The number of amides is 1. The third-order valence-electron chi connectivity index (χ3n) is 4.80. The first-order valence-electron chi connectivity index (χ1n) is 8.92. The molecule has 3 aromatic rings. The summed E-state index contributed by atoms with van der Waals surface area (Å²) in [4.78, 5) is 35.9. The SMILES string of the molecule is Cc1cc(C)n2nc(C(=O)N3CCN(c4ccccc4[N+](=O)[O-])CC3)nc2n1. The predicted molar refractivity (Wildman–Crippen MR) is 101 cm³/mol. The first-order valence-corrected chi connectivity index (χ1v) is 8.92. The van der Waals surface area contributed by atoms with Gasteiger partial charge in [0.05, 0.1) is 4.92 Å². The van der Waals surface area contributed by atoms with Crippen molar-refractivity contribution in [2.45, 2.75) is 13.8 Å². The maximum atomic E-state index is 12.8. The fraction of sp³-hybridized carbons (Fsp3) is 0.333. The molecule has 0 saturated carbocycles. The van der Waals surface area contributed by atoms with Crippen molar-refractivity contribution in [3.63, 3.8) is 0 Å². The Kier molecular flexibility index (Phi) is 4.38. The maximum Gasteiger partial charge on any atom is 0.293 e. The monoisotopic (exact) mass is 381 g/mol. The molecule has 0 spiro atoms. The van der Waals surface area contributed by atoms with Gasteiger partial charge in [-0.15, -0.1) is 5.10 Å². The smallest absolute Gasteiger partial charge is 0.293 e. The van der Waals surface area contributed by atoms with Gasteiger partial charge in [0, 0.05) is 43.6 Å². The number of rotatable bonds is 3. The van der Waals surface area contributed by atoms with Gasteiger partial charge in [-0.2, -0.15) is 4.98 Å². The van der Waals surface area contributed by atoms with Crippen molar-refractivity contribution in [2.75, 3.05) is 31.1 Å². The largest absolute Gasteiger partial charge is 0.362 e. The fourth-order valence-electron chi connectivity index (χ4n) is 3.43. The summed E-state index contributed by atoms with van der Waals surface area (Å²) in [6, 6.07) is 8.52. The zero-order valence-corrected chi connectivity index (χ0v) is 15.6. The number of carbonyl (C=O) groups excluding carboxylic acids is 1. The number of nitrogens with zero attached hydrogens (tertiary/aromatic N) is 7. The standard InChI is InChI=1S/C18H19N7O3/c1-12-11-13(2)24-18(19-12)20-16(21-24)17(26)23-9-7-22(8-10-23)14-5-3-4-6-15(14)25(27)28/h3-6,11H,7-10H2,1-2H3. The molecule has 3 heterocycles. The van der Waals surface area contributed by atoms with Crippen molar-refractivity contribution in [2.24, 2.45) is 0 Å². The Morgan fingerprint density at radius 2 is 1.82 bits per heavy atom. The predicted octanol–water partition coefficient (Wildman–Crippen LogP) is 1.61. The number of nitro benzene ring substituents is 1. The first kappa shape index (κ1) is 17.8. The summed E-state index contributed by atoms with van der Waals surface area (Å²) in [5.41, 5.74) is 2.31. The van der Waals surface area contributed by atoms with E-state index in [1.807, 2.05) is 24.8 Å². The van der Waals surface area contributed by atoms with Crippen molar-refractivity contribution in [1.29, 1.82) is 0 Å². The third-order valence-corrected chi connectivity index (χ3v) is 4.80. The van der Waals surface area contributed by atoms with E-state index in [1.54, 1.807) is 27.6 Å². The second-order valence-corrected chi connectivity index (χ2v) is 6.71. The summed E-state index contributed by atoms with van der Waals surface area (Å²) in [7, 11) is 0. The lowest BCUT2D eigenvalue weighted by Gasteiger charge is -2.35. The number of nitro groups is 1. The minimum atomic E-state index is -0.384. The van der Waals surface area contributed by atoms with Gasteiger partial charge in [-0.3, -0.25) is 14.9 Å². The van der Waals surface area contributed by atoms with Crippen LogP contribution in [0.5, 0.6) is 0 Å². The molecule has 0 atom stereocenters. The van der Waals surface area contributed by atoms with E-state index in [1.165, 1.54) is 6.07 Å². The molecule has 10 heteroatoms. The lowest BCUT2D eigenvalue weighted by Crippen LogP contribution is -2.49. The molecule has 4 rings (SSSR count). The molecule has 28 heavy (non-hydrogen) atoms. The van der Waals surface area contributed by atoms with Crippen LogP contribution in [-0.2, 0) is 0 Å². The van der Waals surface area contributed by atoms with Crippen molar-refractivity contribution < 1.29 is 9.72 Å². The summed E-state index contributed by atoms with van der Waals surface area (Å²) in [5, 5.41) is 15.5. The van der Waals surface area contributed by atoms with Crippen LogP contribution < -0.4 is 4.90 Å². The average molecular weight is 381 g/mol. The molecule has 1 amide bonds. The van der Waals surface area contributed by atoms with E-state index in [0.29, 0.717) is 37.6 Å². The Bertz CT molecular complexity index is 1070. The van der Waals surface area contributed by atoms with E-state index in [-0.39, 0.29) is 22.3 Å². The molecular weight excluding hydrogens is 362 g/mol.